The Labute approximate surface area is 105 Å². The van der Waals surface area contributed by atoms with Gasteiger partial charge in [-0.25, -0.2) is 12.8 Å². The molecule has 0 saturated carbocycles. The van der Waals surface area contributed by atoms with E-state index < -0.39 is 15.7 Å². The van der Waals surface area contributed by atoms with Crippen molar-refractivity contribution in [2.75, 3.05) is 19.0 Å². The first kappa shape index (κ1) is 12.1. The molecular formula is C12H14FNO3S. The Morgan fingerprint density at radius 3 is 2.78 bits per heavy atom. The largest absolute Gasteiger partial charge is 0.378 e. The summed E-state index contributed by atoms with van der Waals surface area (Å²) in [5.41, 5.74) is 0.549. The van der Waals surface area contributed by atoms with Gasteiger partial charge in [0.25, 0.3) is 0 Å². The molecule has 1 saturated heterocycles. The van der Waals surface area contributed by atoms with E-state index in [0.717, 1.165) is 0 Å². The molecule has 1 aromatic carbocycles. The lowest BCUT2D eigenvalue weighted by molar-refractivity contribution is -0.0105. The number of fused-ring (bicyclic) bond motifs is 1. The molecule has 0 amide bonds. The van der Waals surface area contributed by atoms with Crippen LogP contribution in [0, 0.1) is 5.82 Å². The van der Waals surface area contributed by atoms with Gasteiger partial charge in [-0.3, -0.25) is 0 Å². The molecule has 2 heterocycles. The van der Waals surface area contributed by atoms with E-state index in [4.69, 9.17) is 4.74 Å². The van der Waals surface area contributed by atoms with Gasteiger partial charge in [-0.05, 0) is 30.2 Å². The fraction of sp³-hybridized carbons (Fsp3) is 0.500. The minimum Gasteiger partial charge on any atom is -0.378 e. The maximum Gasteiger partial charge on any atom is 0.178 e. The summed E-state index contributed by atoms with van der Waals surface area (Å²) < 4.78 is 42.2. The van der Waals surface area contributed by atoms with Crippen LogP contribution in [0.5, 0.6) is 0 Å². The molecule has 0 bridgehead atoms. The summed E-state index contributed by atoms with van der Waals surface area (Å²) in [4.78, 5) is 0.257. The third-order valence-electron chi connectivity index (χ3n) is 3.43. The zero-order valence-corrected chi connectivity index (χ0v) is 10.5. The molecule has 3 rings (SSSR count). The third-order valence-corrected chi connectivity index (χ3v) is 5.25. The van der Waals surface area contributed by atoms with Crippen molar-refractivity contribution in [1.82, 2.24) is 5.32 Å². The van der Waals surface area contributed by atoms with Gasteiger partial charge in [0.15, 0.2) is 9.84 Å². The van der Waals surface area contributed by atoms with Crippen LogP contribution in [-0.2, 0) is 14.6 Å². The molecule has 0 aromatic heterocycles. The lowest BCUT2D eigenvalue weighted by Crippen LogP contribution is -2.48. The molecule has 2 aliphatic rings. The van der Waals surface area contributed by atoms with Crippen LogP contribution in [0.2, 0.25) is 0 Å². The predicted octanol–water partition coefficient (Wildman–Crippen LogP) is 1.03. The zero-order valence-electron chi connectivity index (χ0n) is 9.73. The second-order valence-corrected chi connectivity index (χ2v) is 6.82. The summed E-state index contributed by atoms with van der Waals surface area (Å²) in [6.07, 6.45) is 0.481. The standard InChI is InChI=1S/C12H14FNO3S/c13-8-1-2-12-10(5-8)11(3-4-18(12,15)16)14-9-6-17-7-9/h1-2,5,9,11,14H,3-4,6-7H2. The fourth-order valence-electron chi connectivity index (χ4n) is 2.40. The number of hydrogen-bond acceptors (Lipinski definition) is 4. The summed E-state index contributed by atoms with van der Waals surface area (Å²) in [6, 6.07) is 4.03. The Hall–Kier alpha value is -0.980. The maximum absolute atomic E-state index is 13.3. The van der Waals surface area contributed by atoms with Crippen molar-refractivity contribution in [2.45, 2.75) is 23.4 Å². The molecule has 1 N–H and O–H groups in total. The normalized spacial score (nSPS) is 26.4. The summed E-state index contributed by atoms with van der Waals surface area (Å²) >= 11 is 0. The molecule has 1 aromatic rings. The molecule has 98 valence electrons. The Morgan fingerprint density at radius 1 is 1.33 bits per heavy atom. The van der Waals surface area contributed by atoms with Crippen LogP contribution >= 0.6 is 0 Å². The van der Waals surface area contributed by atoms with Crippen molar-refractivity contribution >= 4 is 9.84 Å². The van der Waals surface area contributed by atoms with Crippen LogP contribution in [0.1, 0.15) is 18.0 Å². The van der Waals surface area contributed by atoms with Crippen LogP contribution in [0.4, 0.5) is 4.39 Å². The number of benzene rings is 1. The van der Waals surface area contributed by atoms with Crippen molar-refractivity contribution < 1.29 is 17.5 Å². The molecule has 0 spiro atoms. The van der Waals surface area contributed by atoms with Crippen LogP contribution in [-0.4, -0.2) is 33.4 Å². The van der Waals surface area contributed by atoms with E-state index in [9.17, 15) is 12.8 Å². The van der Waals surface area contributed by atoms with Crippen LogP contribution < -0.4 is 5.32 Å². The maximum atomic E-state index is 13.3. The Morgan fingerprint density at radius 2 is 2.11 bits per heavy atom. The molecule has 1 atom stereocenters. The van der Waals surface area contributed by atoms with Crippen LogP contribution in [0.3, 0.4) is 0 Å². The summed E-state index contributed by atoms with van der Waals surface area (Å²) in [6.45, 7) is 1.27. The van der Waals surface area contributed by atoms with Gasteiger partial charge >= 0.3 is 0 Å². The molecule has 0 radical (unpaired) electrons. The summed E-state index contributed by atoms with van der Waals surface area (Å²) in [5, 5.41) is 3.32. The number of rotatable bonds is 2. The number of hydrogen-bond donors (Lipinski definition) is 1. The summed E-state index contributed by atoms with van der Waals surface area (Å²) in [5.74, 6) is -0.292. The SMILES string of the molecule is O=S1(=O)CCC(NC2COC2)c2cc(F)ccc21. The third kappa shape index (κ3) is 2.04. The number of sulfone groups is 1. The van der Waals surface area contributed by atoms with Crippen molar-refractivity contribution in [3.63, 3.8) is 0 Å². The van der Waals surface area contributed by atoms with Crippen molar-refractivity contribution in [1.29, 1.82) is 0 Å². The molecule has 1 fully saturated rings. The molecular weight excluding hydrogens is 257 g/mol. The van der Waals surface area contributed by atoms with Crippen molar-refractivity contribution in [2.24, 2.45) is 0 Å². The van der Waals surface area contributed by atoms with Gasteiger partial charge in [0.1, 0.15) is 5.82 Å². The molecule has 0 aliphatic carbocycles. The first-order chi connectivity index (χ1) is 8.56. The van der Waals surface area contributed by atoms with Gasteiger partial charge < -0.3 is 10.1 Å². The van der Waals surface area contributed by atoms with Gasteiger partial charge in [0, 0.05) is 6.04 Å². The second-order valence-electron chi connectivity index (χ2n) is 4.74. The lowest BCUT2D eigenvalue weighted by atomic mass is 10.0. The van der Waals surface area contributed by atoms with E-state index in [1.54, 1.807) is 0 Å². The minimum absolute atomic E-state index is 0.104. The highest BCUT2D eigenvalue weighted by Gasteiger charge is 2.33. The molecule has 4 nitrogen and oxygen atoms in total. The van der Waals surface area contributed by atoms with Gasteiger partial charge in [-0.1, -0.05) is 0 Å². The monoisotopic (exact) mass is 271 g/mol. The molecule has 18 heavy (non-hydrogen) atoms. The quantitative estimate of drug-likeness (QED) is 0.816. The highest BCUT2D eigenvalue weighted by molar-refractivity contribution is 7.91. The smallest absolute Gasteiger partial charge is 0.178 e. The Kier molecular flexibility index (Phi) is 2.88. The lowest BCUT2D eigenvalue weighted by Gasteiger charge is -2.34. The number of nitrogens with one attached hydrogen (secondary N) is 1. The number of halogens is 1. The average molecular weight is 271 g/mol. The Bertz CT molecular complexity index is 569. The molecule has 2 aliphatic heterocycles. The van der Waals surface area contributed by atoms with Crippen LogP contribution in [0.15, 0.2) is 23.1 Å². The predicted molar refractivity (Wildman–Crippen MR) is 63.6 cm³/mol. The van der Waals surface area contributed by atoms with Crippen molar-refractivity contribution in [3.05, 3.63) is 29.6 Å². The van der Waals surface area contributed by atoms with Gasteiger partial charge in [0.05, 0.1) is 29.9 Å². The van der Waals surface area contributed by atoms with E-state index >= 15 is 0 Å². The highest BCUT2D eigenvalue weighted by Crippen LogP contribution is 2.33. The topological polar surface area (TPSA) is 55.4 Å². The first-order valence-electron chi connectivity index (χ1n) is 5.92. The van der Waals surface area contributed by atoms with Gasteiger partial charge in [-0.15, -0.1) is 0 Å². The van der Waals surface area contributed by atoms with Gasteiger partial charge in [-0.2, -0.15) is 0 Å². The van der Waals surface area contributed by atoms with E-state index in [-0.39, 0.29) is 22.7 Å². The van der Waals surface area contributed by atoms with E-state index in [1.807, 2.05) is 0 Å². The Balaban J connectivity index is 1.97. The zero-order chi connectivity index (χ0) is 12.8. The van der Waals surface area contributed by atoms with E-state index in [2.05, 4.69) is 5.32 Å². The highest BCUT2D eigenvalue weighted by atomic mass is 32.2. The van der Waals surface area contributed by atoms with Gasteiger partial charge in [0.2, 0.25) is 0 Å². The van der Waals surface area contributed by atoms with E-state index in [0.29, 0.717) is 25.2 Å². The van der Waals surface area contributed by atoms with Crippen LogP contribution in [0.25, 0.3) is 0 Å². The molecule has 1 unspecified atom stereocenters. The molecule has 6 heteroatoms. The minimum atomic E-state index is -3.25. The first-order valence-corrected chi connectivity index (χ1v) is 7.57. The fourth-order valence-corrected chi connectivity index (χ4v) is 4.00. The van der Waals surface area contributed by atoms with E-state index in [1.165, 1.54) is 18.2 Å². The number of ether oxygens (including phenoxy) is 1. The van der Waals surface area contributed by atoms with Crippen molar-refractivity contribution in [3.8, 4) is 0 Å². The second kappa shape index (κ2) is 4.29. The summed E-state index contributed by atoms with van der Waals surface area (Å²) in [7, 11) is -3.25. The average Bonchev–Trinajstić information content (AvgIpc) is 2.25.